The molecule has 1 aliphatic rings. The lowest BCUT2D eigenvalue weighted by Gasteiger charge is -2.37. The summed E-state index contributed by atoms with van der Waals surface area (Å²) in [5, 5.41) is 4.94. The summed E-state index contributed by atoms with van der Waals surface area (Å²) in [6.45, 7) is 4.42. The first-order valence-corrected chi connectivity index (χ1v) is 8.33. The molecule has 0 spiro atoms. The fourth-order valence-corrected chi connectivity index (χ4v) is 3.73. The standard InChI is InChI=1S/C17H22N2S/c1-3-16-11-18-17(20-16)12(2)19-15-9-14(10-15)13-7-5-4-6-8-13/h4-8,11-12,14-15,19H,3,9-10H2,1-2H3. The molecule has 1 N–H and O–H groups in total. The van der Waals surface area contributed by atoms with Gasteiger partial charge in [0.1, 0.15) is 5.01 Å². The van der Waals surface area contributed by atoms with Crippen LogP contribution in [0.2, 0.25) is 0 Å². The molecule has 1 fully saturated rings. The molecule has 1 heterocycles. The fourth-order valence-electron chi connectivity index (χ4n) is 2.86. The molecule has 1 aromatic carbocycles. The number of hydrogen-bond acceptors (Lipinski definition) is 3. The van der Waals surface area contributed by atoms with Gasteiger partial charge >= 0.3 is 0 Å². The van der Waals surface area contributed by atoms with Gasteiger partial charge in [-0.2, -0.15) is 0 Å². The van der Waals surface area contributed by atoms with Crippen LogP contribution in [0.15, 0.2) is 36.5 Å². The molecule has 20 heavy (non-hydrogen) atoms. The number of nitrogens with one attached hydrogen (secondary N) is 1. The van der Waals surface area contributed by atoms with Crippen LogP contribution in [0.4, 0.5) is 0 Å². The Morgan fingerprint density at radius 3 is 2.70 bits per heavy atom. The summed E-state index contributed by atoms with van der Waals surface area (Å²) in [6.07, 6.45) is 5.61. The van der Waals surface area contributed by atoms with E-state index in [9.17, 15) is 0 Å². The summed E-state index contributed by atoms with van der Waals surface area (Å²) in [5.74, 6) is 0.739. The smallest absolute Gasteiger partial charge is 0.109 e. The highest BCUT2D eigenvalue weighted by atomic mass is 32.1. The Balaban J connectivity index is 1.51. The molecule has 0 amide bonds. The van der Waals surface area contributed by atoms with Crippen molar-refractivity contribution >= 4 is 11.3 Å². The van der Waals surface area contributed by atoms with Gasteiger partial charge in [-0.1, -0.05) is 37.3 Å². The van der Waals surface area contributed by atoms with Gasteiger partial charge in [0.15, 0.2) is 0 Å². The summed E-state index contributed by atoms with van der Waals surface area (Å²) in [5.41, 5.74) is 1.49. The topological polar surface area (TPSA) is 24.9 Å². The average Bonchev–Trinajstić information content (AvgIpc) is 2.92. The predicted molar refractivity (Wildman–Crippen MR) is 85.2 cm³/mol. The molecule has 1 atom stereocenters. The zero-order valence-corrected chi connectivity index (χ0v) is 13.0. The quantitative estimate of drug-likeness (QED) is 0.886. The number of thiazole rings is 1. The third-order valence-electron chi connectivity index (χ3n) is 4.19. The number of nitrogens with zero attached hydrogens (tertiary/aromatic N) is 1. The van der Waals surface area contributed by atoms with E-state index < -0.39 is 0 Å². The van der Waals surface area contributed by atoms with E-state index in [0.29, 0.717) is 12.1 Å². The van der Waals surface area contributed by atoms with Crippen LogP contribution in [-0.4, -0.2) is 11.0 Å². The van der Waals surface area contributed by atoms with E-state index in [4.69, 9.17) is 0 Å². The van der Waals surface area contributed by atoms with Crippen LogP contribution in [-0.2, 0) is 6.42 Å². The van der Waals surface area contributed by atoms with E-state index in [-0.39, 0.29) is 0 Å². The number of aromatic nitrogens is 1. The SMILES string of the molecule is CCc1cnc(C(C)NC2CC(c3ccccc3)C2)s1. The Hall–Kier alpha value is -1.19. The molecular formula is C17H22N2S. The van der Waals surface area contributed by atoms with Gasteiger partial charge in [-0.25, -0.2) is 4.98 Å². The molecule has 3 heteroatoms. The van der Waals surface area contributed by atoms with Crippen molar-refractivity contribution in [1.29, 1.82) is 0 Å². The molecule has 2 aromatic rings. The number of benzene rings is 1. The van der Waals surface area contributed by atoms with E-state index >= 15 is 0 Å². The predicted octanol–water partition coefficient (Wildman–Crippen LogP) is 4.30. The Morgan fingerprint density at radius 2 is 2.05 bits per heavy atom. The van der Waals surface area contributed by atoms with Gasteiger partial charge in [-0.3, -0.25) is 0 Å². The lowest BCUT2D eigenvalue weighted by molar-refractivity contribution is 0.270. The van der Waals surface area contributed by atoms with E-state index in [1.165, 1.54) is 28.3 Å². The number of rotatable bonds is 5. The van der Waals surface area contributed by atoms with Gasteiger partial charge in [0.25, 0.3) is 0 Å². The zero-order chi connectivity index (χ0) is 13.9. The zero-order valence-electron chi connectivity index (χ0n) is 12.2. The van der Waals surface area contributed by atoms with Crippen molar-refractivity contribution in [2.45, 2.75) is 51.1 Å². The maximum Gasteiger partial charge on any atom is 0.109 e. The number of aryl methyl sites for hydroxylation is 1. The highest BCUT2D eigenvalue weighted by molar-refractivity contribution is 7.11. The summed E-state index contributed by atoms with van der Waals surface area (Å²) in [4.78, 5) is 5.91. The third-order valence-corrected chi connectivity index (χ3v) is 5.51. The molecule has 3 rings (SSSR count). The molecule has 0 bridgehead atoms. The second-order valence-electron chi connectivity index (χ2n) is 5.68. The lowest BCUT2D eigenvalue weighted by Crippen LogP contribution is -2.41. The van der Waals surface area contributed by atoms with E-state index in [2.05, 4.69) is 54.5 Å². The molecule has 1 aliphatic carbocycles. The van der Waals surface area contributed by atoms with Gasteiger partial charge in [-0.15, -0.1) is 11.3 Å². The van der Waals surface area contributed by atoms with Gasteiger partial charge in [-0.05, 0) is 37.7 Å². The van der Waals surface area contributed by atoms with Crippen LogP contribution in [0, 0.1) is 0 Å². The monoisotopic (exact) mass is 286 g/mol. The molecule has 2 nitrogen and oxygen atoms in total. The molecule has 1 unspecified atom stereocenters. The highest BCUT2D eigenvalue weighted by Crippen LogP contribution is 2.37. The first kappa shape index (κ1) is 13.8. The Labute approximate surface area is 125 Å². The minimum absolute atomic E-state index is 0.377. The van der Waals surface area contributed by atoms with Crippen LogP contribution in [0.25, 0.3) is 0 Å². The Kier molecular flexibility index (Phi) is 4.18. The molecule has 0 radical (unpaired) electrons. The van der Waals surface area contributed by atoms with Crippen LogP contribution >= 0.6 is 11.3 Å². The van der Waals surface area contributed by atoms with Crippen molar-refractivity contribution in [3.63, 3.8) is 0 Å². The molecule has 1 aromatic heterocycles. The first-order valence-electron chi connectivity index (χ1n) is 7.52. The highest BCUT2D eigenvalue weighted by Gasteiger charge is 2.31. The molecular weight excluding hydrogens is 264 g/mol. The van der Waals surface area contributed by atoms with Crippen molar-refractivity contribution in [2.75, 3.05) is 0 Å². The van der Waals surface area contributed by atoms with Gasteiger partial charge in [0.05, 0.1) is 6.04 Å². The van der Waals surface area contributed by atoms with Crippen LogP contribution in [0.1, 0.15) is 54.1 Å². The van der Waals surface area contributed by atoms with E-state index in [0.717, 1.165) is 12.3 Å². The maximum atomic E-state index is 4.53. The van der Waals surface area contributed by atoms with Gasteiger partial charge in [0.2, 0.25) is 0 Å². The Morgan fingerprint density at radius 1 is 1.30 bits per heavy atom. The lowest BCUT2D eigenvalue weighted by atomic mass is 9.75. The van der Waals surface area contributed by atoms with E-state index in [1.54, 1.807) is 0 Å². The molecule has 0 aliphatic heterocycles. The summed E-state index contributed by atoms with van der Waals surface area (Å²) >= 11 is 1.84. The van der Waals surface area contributed by atoms with Crippen molar-refractivity contribution in [1.82, 2.24) is 10.3 Å². The molecule has 106 valence electrons. The van der Waals surface area contributed by atoms with E-state index in [1.807, 2.05) is 17.5 Å². The summed E-state index contributed by atoms with van der Waals surface area (Å²) < 4.78 is 0. The Bertz CT molecular complexity index is 543. The van der Waals surface area contributed by atoms with Gasteiger partial charge < -0.3 is 5.32 Å². The summed E-state index contributed by atoms with van der Waals surface area (Å²) in [6, 6.07) is 11.9. The maximum absolute atomic E-state index is 4.53. The number of hydrogen-bond donors (Lipinski definition) is 1. The second kappa shape index (κ2) is 6.06. The largest absolute Gasteiger partial charge is 0.305 e. The van der Waals surface area contributed by atoms with Crippen molar-refractivity contribution in [3.8, 4) is 0 Å². The van der Waals surface area contributed by atoms with Crippen LogP contribution < -0.4 is 5.32 Å². The second-order valence-corrected chi connectivity index (χ2v) is 6.83. The molecule has 1 saturated carbocycles. The third kappa shape index (κ3) is 2.94. The fraction of sp³-hybridized carbons (Fsp3) is 0.471. The molecule has 0 saturated heterocycles. The van der Waals surface area contributed by atoms with Crippen LogP contribution in [0.5, 0.6) is 0 Å². The first-order chi connectivity index (χ1) is 9.76. The van der Waals surface area contributed by atoms with Crippen molar-refractivity contribution < 1.29 is 0 Å². The average molecular weight is 286 g/mol. The van der Waals surface area contributed by atoms with Crippen molar-refractivity contribution in [2.24, 2.45) is 0 Å². The normalized spacial score (nSPS) is 23.3. The minimum atomic E-state index is 0.377. The summed E-state index contributed by atoms with van der Waals surface area (Å²) in [7, 11) is 0. The minimum Gasteiger partial charge on any atom is -0.305 e. The van der Waals surface area contributed by atoms with Crippen LogP contribution in [0.3, 0.4) is 0 Å². The van der Waals surface area contributed by atoms with Crippen molar-refractivity contribution in [3.05, 3.63) is 52.0 Å². The van der Waals surface area contributed by atoms with Gasteiger partial charge in [0, 0.05) is 17.1 Å².